The van der Waals surface area contributed by atoms with Gasteiger partial charge in [0.15, 0.2) is 0 Å². The molecule has 1 heterocycles. The van der Waals surface area contributed by atoms with Crippen molar-refractivity contribution in [1.29, 1.82) is 0 Å². The van der Waals surface area contributed by atoms with Crippen molar-refractivity contribution >= 4 is 27.7 Å². The Morgan fingerprint density at radius 1 is 1.09 bits per heavy atom. The van der Waals surface area contributed by atoms with Crippen molar-refractivity contribution in [2.45, 2.75) is 42.8 Å². The van der Waals surface area contributed by atoms with E-state index in [1.54, 1.807) is 48.2 Å². The van der Waals surface area contributed by atoms with Crippen molar-refractivity contribution in [3.63, 3.8) is 0 Å². The molecule has 2 aromatic carbocycles. The fraction of sp³-hybridized carbons (Fsp3) is 0.375. The quantitative estimate of drug-likeness (QED) is 0.590. The molecule has 0 radical (unpaired) electrons. The van der Waals surface area contributed by atoms with Gasteiger partial charge in [-0.1, -0.05) is 30.3 Å². The number of fused-ring (bicyclic) bond motifs is 1. The molecule has 3 amide bonds. The summed E-state index contributed by atoms with van der Waals surface area (Å²) in [4.78, 5) is 40.1. The fourth-order valence-corrected chi connectivity index (χ4v) is 5.01. The molecule has 2 N–H and O–H groups in total. The maximum absolute atomic E-state index is 13.0. The number of amides is 3. The monoisotopic (exact) mass is 484 g/mol. The van der Waals surface area contributed by atoms with Gasteiger partial charge in [-0.05, 0) is 49.1 Å². The molecule has 2 aromatic rings. The minimum Gasteiger partial charge on any atom is -0.348 e. The molecule has 180 valence electrons. The van der Waals surface area contributed by atoms with E-state index in [0.29, 0.717) is 11.1 Å². The Bertz CT molecular complexity index is 1220. The molecule has 10 heteroatoms. The summed E-state index contributed by atoms with van der Waals surface area (Å²) in [6, 6.07) is 12.3. The molecule has 34 heavy (non-hydrogen) atoms. The van der Waals surface area contributed by atoms with E-state index in [1.165, 1.54) is 26.2 Å². The van der Waals surface area contributed by atoms with Crippen molar-refractivity contribution < 1.29 is 22.8 Å². The summed E-state index contributed by atoms with van der Waals surface area (Å²) in [7, 11) is -0.604. The molecule has 1 aliphatic carbocycles. The van der Waals surface area contributed by atoms with Crippen LogP contribution in [0.25, 0.3) is 0 Å². The van der Waals surface area contributed by atoms with E-state index in [2.05, 4.69) is 10.6 Å². The summed E-state index contributed by atoms with van der Waals surface area (Å²) in [5.74, 6) is -0.913. The maximum Gasteiger partial charge on any atom is 0.255 e. The minimum absolute atomic E-state index is 0.0591. The lowest BCUT2D eigenvalue weighted by Crippen LogP contribution is -2.44. The van der Waals surface area contributed by atoms with Gasteiger partial charge in [0.25, 0.3) is 5.91 Å². The standard InChI is InChI=1S/C24H28N4O5S/c1-15(16-8-12-18(13-9-16)34(32,33)27(2)3)26-21(29)14-25-23(30)22-19-6-4-5-7-20(19)24(31)28(22)17-10-11-17/h4-9,12-13,15,17,22H,10-11,14H2,1-3H3,(H,25,30)(H,26,29). The Labute approximate surface area is 199 Å². The van der Waals surface area contributed by atoms with E-state index >= 15 is 0 Å². The first-order chi connectivity index (χ1) is 16.1. The average molecular weight is 485 g/mol. The molecule has 9 nitrogen and oxygen atoms in total. The second-order valence-corrected chi connectivity index (χ2v) is 10.9. The maximum atomic E-state index is 13.0. The third-order valence-electron chi connectivity index (χ3n) is 6.15. The number of nitrogens with one attached hydrogen (secondary N) is 2. The first-order valence-corrected chi connectivity index (χ1v) is 12.6. The minimum atomic E-state index is -3.53. The van der Waals surface area contributed by atoms with Crippen molar-refractivity contribution in [3.8, 4) is 0 Å². The van der Waals surface area contributed by atoms with Crippen LogP contribution < -0.4 is 10.6 Å². The van der Waals surface area contributed by atoms with Crippen molar-refractivity contribution in [2.24, 2.45) is 0 Å². The molecule has 0 spiro atoms. The molecule has 0 bridgehead atoms. The summed E-state index contributed by atoms with van der Waals surface area (Å²) in [6.07, 6.45) is 1.74. The number of carbonyl (C=O) groups excluding carboxylic acids is 3. The normalized spacial score (nSPS) is 18.5. The van der Waals surface area contributed by atoms with Crippen LogP contribution in [0.5, 0.6) is 0 Å². The number of hydrogen-bond acceptors (Lipinski definition) is 5. The molecule has 0 saturated heterocycles. The van der Waals surface area contributed by atoms with Gasteiger partial charge in [-0.25, -0.2) is 12.7 Å². The number of nitrogens with zero attached hydrogens (tertiary/aromatic N) is 2. The Morgan fingerprint density at radius 3 is 2.35 bits per heavy atom. The topological polar surface area (TPSA) is 116 Å². The van der Waals surface area contributed by atoms with Crippen LogP contribution in [0.15, 0.2) is 53.4 Å². The predicted octanol–water partition coefficient (Wildman–Crippen LogP) is 1.59. The smallest absolute Gasteiger partial charge is 0.255 e. The highest BCUT2D eigenvalue weighted by atomic mass is 32.2. The highest BCUT2D eigenvalue weighted by Gasteiger charge is 2.47. The molecular weight excluding hydrogens is 456 g/mol. The number of hydrogen-bond donors (Lipinski definition) is 2. The Morgan fingerprint density at radius 2 is 1.74 bits per heavy atom. The third-order valence-corrected chi connectivity index (χ3v) is 7.98. The van der Waals surface area contributed by atoms with Crippen LogP contribution in [0.4, 0.5) is 0 Å². The zero-order valence-electron chi connectivity index (χ0n) is 19.3. The number of rotatable bonds is 8. The van der Waals surface area contributed by atoms with E-state index in [0.717, 1.165) is 22.7 Å². The first-order valence-electron chi connectivity index (χ1n) is 11.1. The third kappa shape index (κ3) is 4.55. The van der Waals surface area contributed by atoms with E-state index in [4.69, 9.17) is 0 Å². The lowest BCUT2D eigenvalue weighted by Gasteiger charge is -2.24. The summed E-state index contributed by atoms with van der Waals surface area (Å²) >= 11 is 0. The van der Waals surface area contributed by atoms with Gasteiger partial charge in [-0.3, -0.25) is 14.4 Å². The van der Waals surface area contributed by atoms with E-state index < -0.39 is 22.1 Å². The van der Waals surface area contributed by atoms with Crippen LogP contribution in [0.3, 0.4) is 0 Å². The highest BCUT2D eigenvalue weighted by Crippen LogP contribution is 2.41. The van der Waals surface area contributed by atoms with Gasteiger partial charge >= 0.3 is 0 Å². The van der Waals surface area contributed by atoms with Gasteiger partial charge in [-0.2, -0.15) is 0 Å². The van der Waals surface area contributed by atoms with Crippen LogP contribution in [0.2, 0.25) is 0 Å². The van der Waals surface area contributed by atoms with Gasteiger partial charge < -0.3 is 15.5 Å². The van der Waals surface area contributed by atoms with Crippen LogP contribution in [0.1, 0.15) is 53.3 Å². The Balaban J connectivity index is 1.36. The van der Waals surface area contributed by atoms with Gasteiger partial charge in [-0.15, -0.1) is 0 Å². The highest BCUT2D eigenvalue weighted by molar-refractivity contribution is 7.89. The Hall–Kier alpha value is -3.24. The number of benzene rings is 2. The molecule has 1 fully saturated rings. The zero-order chi connectivity index (χ0) is 24.6. The predicted molar refractivity (Wildman–Crippen MR) is 125 cm³/mol. The second-order valence-electron chi connectivity index (χ2n) is 8.80. The Kier molecular flexibility index (Phi) is 6.46. The summed E-state index contributed by atoms with van der Waals surface area (Å²) < 4.78 is 25.5. The SMILES string of the molecule is CC(NC(=O)CNC(=O)C1c2ccccc2C(=O)N1C1CC1)c1ccc(S(=O)(=O)N(C)C)cc1. The molecular formula is C24H28N4O5S. The van der Waals surface area contributed by atoms with Crippen molar-refractivity contribution in [3.05, 3.63) is 65.2 Å². The molecule has 2 aliphatic rings. The van der Waals surface area contributed by atoms with Crippen LogP contribution in [0, 0.1) is 0 Å². The van der Waals surface area contributed by atoms with Crippen LogP contribution >= 0.6 is 0 Å². The molecule has 4 rings (SSSR count). The largest absolute Gasteiger partial charge is 0.348 e. The van der Waals surface area contributed by atoms with Gasteiger partial charge in [0.2, 0.25) is 21.8 Å². The first kappa shape index (κ1) is 23.9. The van der Waals surface area contributed by atoms with E-state index in [-0.39, 0.29) is 35.2 Å². The van der Waals surface area contributed by atoms with Crippen LogP contribution in [-0.2, 0) is 19.6 Å². The van der Waals surface area contributed by atoms with Crippen LogP contribution in [-0.4, -0.2) is 62.0 Å². The fourth-order valence-electron chi connectivity index (χ4n) is 4.11. The summed E-state index contributed by atoms with van der Waals surface area (Å²) in [5, 5.41) is 5.47. The molecule has 0 aromatic heterocycles. The van der Waals surface area contributed by atoms with Gasteiger partial charge in [0.05, 0.1) is 17.5 Å². The molecule has 1 aliphatic heterocycles. The lowest BCUT2D eigenvalue weighted by molar-refractivity contribution is -0.129. The van der Waals surface area contributed by atoms with Crippen molar-refractivity contribution in [1.82, 2.24) is 19.8 Å². The number of sulfonamides is 1. The summed E-state index contributed by atoms with van der Waals surface area (Å²) in [6.45, 7) is 1.54. The van der Waals surface area contributed by atoms with E-state index in [1.807, 2.05) is 0 Å². The van der Waals surface area contributed by atoms with E-state index in [9.17, 15) is 22.8 Å². The van der Waals surface area contributed by atoms with Gasteiger partial charge in [0, 0.05) is 25.7 Å². The molecule has 1 saturated carbocycles. The zero-order valence-corrected chi connectivity index (χ0v) is 20.1. The lowest BCUT2D eigenvalue weighted by atomic mass is 10.0. The molecule has 2 atom stereocenters. The summed E-state index contributed by atoms with van der Waals surface area (Å²) in [5.41, 5.74) is 1.93. The van der Waals surface area contributed by atoms with Gasteiger partial charge in [0.1, 0.15) is 6.04 Å². The average Bonchev–Trinajstić information content (AvgIpc) is 3.61. The number of carbonyl (C=O) groups is 3. The molecule has 2 unspecified atom stereocenters. The second kappa shape index (κ2) is 9.19. The van der Waals surface area contributed by atoms with Crippen molar-refractivity contribution in [2.75, 3.05) is 20.6 Å².